The minimum absolute atomic E-state index is 0. The van der Waals surface area contributed by atoms with E-state index in [2.05, 4.69) is 185 Å². The van der Waals surface area contributed by atoms with Crippen LogP contribution in [0.3, 0.4) is 0 Å². The zero-order chi connectivity index (χ0) is 33.5. The van der Waals surface area contributed by atoms with Crippen molar-refractivity contribution in [3.63, 3.8) is 0 Å². The largest absolute Gasteiger partial charge is 4.00 e. The fourth-order valence-electron chi connectivity index (χ4n) is 8.31. The molecule has 1 heteroatoms. The molecule has 0 nitrogen and oxygen atoms in total. The predicted molar refractivity (Wildman–Crippen MR) is 223 cm³/mol. The van der Waals surface area contributed by atoms with Gasteiger partial charge in [-0.05, 0) is 68.2 Å². The van der Waals surface area contributed by atoms with Crippen LogP contribution in [0, 0.1) is 42.5 Å². The first kappa shape index (κ1) is 38.6. The molecule has 0 bridgehead atoms. The molecule has 0 aromatic heterocycles. The molecule has 0 atom stereocenters. The molecule has 0 aliphatic rings. The van der Waals surface area contributed by atoms with Gasteiger partial charge in [0.1, 0.15) is 0 Å². The Morgan fingerprint density at radius 1 is 0.423 bits per heavy atom. The Bertz CT molecular complexity index is 2210. The number of aryl methyl sites for hydroxylation is 4. The smallest absolute Gasteiger partial charge is 0.358 e. The molecule has 256 valence electrons. The Morgan fingerprint density at radius 2 is 0.788 bits per heavy atom. The molecule has 52 heavy (non-hydrogen) atoms. The summed E-state index contributed by atoms with van der Waals surface area (Å²) in [6.07, 6.45) is 1.79. The summed E-state index contributed by atoms with van der Waals surface area (Å²) in [7, 11) is 0. The van der Waals surface area contributed by atoms with Crippen LogP contribution in [0.25, 0.3) is 43.8 Å². The maximum atomic E-state index is 2.51. The van der Waals surface area contributed by atoms with E-state index in [1.165, 1.54) is 88.3 Å². The zero-order valence-electron chi connectivity index (χ0n) is 31.4. The van der Waals surface area contributed by atoms with E-state index in [0.717, 1.165) is 12.8 Å². The molecule has 8 rings (SSSR count). The molecular formula is C51H48Hf. The molecule has 0 saturated carbocycles. The molecule has 8 aromatic carbocycles. The van der Waals surface area contributed by atoms with Crippen LogP contribution in [0.1, 0.15) is 44.5 Å². The Labute approximate surface area is 330 Å². The van der Waals surface area contributed by atoms with Crippen LogP contribution in [-0.4, -0.2) is 0 Å². The summed E-state index contributed by atoms with van der Waals surface area (Å²) in [6, 6.07) is 59.6. The van der Waals surface area contributed by atoms with E-state index >= 15 is 0 Å². The fraction of sp³-hybridized carbons (Fsp3) is 0.137. The molecule has 0 aliphatic heterocycles. The molecule has 8 aromatic rings. The standard InChI is InChI=1S/C49H42.2CH3.Hf/c1-33-21-34(2)24-41(23-33)45-19-11-17-39-27-43(29-47(39)45)49(31-37-13-7-5-8-14-37,32-38-15-9-6-10-16-38)44-28-40-18-12-20-46(48(40)30-44)42-25-35(3)22-36(4)26-42;;;/h5-30H,31-32H2,1-4H3;2*1H3;/q-2;2*-1;+4. The van der Waals surface area contributed by atoms with E-state index in [0.29, 0.717) is 0 Å². The number of hydrogen-bond donors (Lipinski definition) is 0. The summed E-state index contributed by atoms with van der Waals surface area (Å²) < 4.78 is 0. The number of benzene rings is 6. The molecule has 0 spiro atoms. The van der Waals surface area contributed by atoms with Crippen molar-refractivity contribution in [3.05, 3.63) is 217 Å². The molecule has 0 amide bonds. The number of hydrogen-bond acceptors (Lipinski definition) is 0. The average Bonchev–Trinajstić information content (AvgIpc) is 3.74. The van der Waals surface area contributed by atoms with E-state index in [4.69, 9.17) is 0 Å². The summed E-state index contributed by atoms with van der Waals surface area (Å²) in [5.74, 6) is 0. The van der Waals surface area contributed by atoms with Crippen LogP contribution in [0.5, 0.6) is 0 Å². The minimum atomic E-state index is -0.305. The summed E-state index contributed by atoms with van der Waals surface area (Å²) in [5.41, 5.74) is 15.5. The van der Waals surface area contributed by atoms with Gasteiger partial charge in [-0.3, -0.25) is 0 Å². The third kappa shape index (κ3) is 7.48. The van der Waals surface area contributed by atoms with Gasteiger partial charge >= 0.3 is 25.8 Å². The van der Waals surface area contributed by atoms with Crippen molar-refractivity contribution in [3.8, 4) is 22.3 Å². The maximum Gasteiger partial charge on any atom is 4.00 e. The molecular weight excluding hydrogens is 791 g/mol. The molecule has 0 radical (unpaired) electrons. The Kier molecular flexibility index (Phi) is 11.9. The van der Waals surface area contributed by atoms with Gasteiger partial charge in [0.15, 0.2) is 0 Å². The van der Waals surface area contributed by atoms with Crippen LogP contribution in [0.15, 0.2) is 158 Å². The summed E-state index contributed by atoms with van der Waals surface area (Å²) in [5, 5.41) is 5.23. The first-order valence-corrected chi connectivity index (χ1v) is 17.5. The SMILES string of the molecule is Cc1cc(C)cc(-c2cccc3[cH-]c(C(Cc4ccccc4)(Cc4ccccc4)c4cc5c(-c6cc(C)cc(C)c6)cccc5[cH-]4)cc23)c1.[CH3-].[CH3-].[Hf+4]. The monoisotopic (exact) mass is 840 g/mol. The van der Waals surface area contributed by atoms with Crippen LogP contribution in [-0.2, 0) is 44.1 Å². The molecule has 0 N–H and O–H groups in total. The molecule has 0 heterocycles. The third-order valence-electron chi connectivity index (χ3n) is 10.4. The molecule has 0 unspecified atom stereocenters. The second-order valence-electron chi connectivity index (χ2n) is 14.3. The second-order valence-corrected chi connectivity index (χ2v) is 14.3. The first-order chi connectivity index (χ1) is 23.8. The van der Waals surface area contributed by atoms with Crippen molar-refractivity contribution >= 4 is 21.5 Å². The van der Waals surface area contributed by atoms with Crippen LogP contribution in [0.4, 0.5) is 0 Å². The number of fused-ring (bicyclic) bond motifs is 2. The summed E-state index contributed by atoms with van der Waals surface area (Å²) >= 11 is 0. The third-order valence-corrected chi connectivity index (χ3v) is 10.4. The predicted octanol–water partition coefficient (Wildman–Crippen LogP) is 13.7. The van der Waals surface area contributed by atoms with Crippen molar-refractivity contribution in [2.24, 2.45) is 0 Å². The van der Waals surface area contributed by atoms with E-state index in [1.807, 2.05) is 0 Å². The first-order valence-electron chi connectivity index (χ1n) is 17.5. The van der Waals surface area contributed by atoms with Gasteiger partial charge in [0.25, 0.3) is 0 Å². The summed E-state index contributed by atoms with van der Waals surface area (Å²) in [4.78, 5) is 0. The summed E-state index contributed by atoms with van der Waals surface area (Å²) in [6.45, 7) is 8.79. The Morgan fingerprint density at radius 3 is 1.15 bits per heavy atom. The van der Waals surface area contributed by atoms with Crippen LogP contribution < -0.4 is 0 Å². The molecule has 0 aliphatic carbocycles. The topological polar surface area (TPSA) is 0 Å². The van der Waals surface area contributed by atoms with Crippen molar-refractivity contribution in [1.82, 2.24) is 0 Å². The van der Waals surface area contributed by atoms with Crippen LogP contribution >= 0.6 is 0 Å². The van der Waals surface area contributed by atoms with Gasteiger partial charge in [0, 0.05) is 0 Å². The fourth-order valence-corrected chi connectivity index (χ4v) is 8.31. The zero-order valence-corrected chi connectivity index (χ0v) is 35.0. The van der Waals surface area contributed by atoms with Crippen LogP contribution in [0.2, 0.25) is 0 Å². The van der Waals surface area contributed by atoms with E-state index in [1.54, 1.807) is 0 Å². The Balaban J connectivity index is 0.00000174. The molecule has 0 fully saturated rings. The van der Waals surface area contributed by atoms with Gasteiger partial charge < -0.3 is 14.9 Å². The van der Waals surface area contributed by atoms with E-state index < -0.39 is 0 Å². The van der Waals surface area contributed by atoms with Gasteiger partial charge in [-0.2, -0.15) is 12.1 Å². The van der Waals surface area contributed by atoms with E-state index in [9.17, 15) is 0 Å². The average molecular weight is 839 g/mol. The van der Waals surface area contributed by atoms with Gasteiger partial charge in [-0.1, -0.05) is 143 Å². The maximum absolute atomic E-state index is 2.51. The quantitative estimate of drug-likeness (QED) is 0.106. The van der Waals surface area contributed by atoms with Gasteiger partial charge in [0.05, 0.1) is 0 Å². The van der Waals surface area contributed by atoms with Gasteiger partial charge in [-0.25, -0.2) is 0 Å². The van der Waals surface area contributed by atoms with Gasteiger partial charge in [0.2, 0.25) is 0 Å². The normalized spacial score (nSPS) is 11.2. The second kappa shape index (κ2) is 16.0. The van der Waals surface area contributed by atoms with Crippen molar-refractivity contribution in [1.29, 1.82) is 0 Å². The van der Waals surface area contributed by atoms with Crippen molar-refractivity contribution in [2.75, 3.05) is 0 Å². The van der Waals surface area contributed by atoms with Crippen molar-refractivity contribution < 1.29 is 25.8 Å². The van der Waals surface area contributed by atoms with Gasteiger partial charge in [-0.15, -0.1) is 69.1 Å². The Hall–Kier alpha value is -4.59. The van der Waals surface area contributed by atoms with Crippen molar-refractivity contribution in [2.45, 2.75) is 46.0 Å². The minimum Gasteiger partial charge on any atom is -0.358 e. The molecule has 0 saturated heterocycles. The van der Waals surface area contributed by atoms with E-state index in [-0.39, 0.29) is 46.1 Å². The number of rotatable bonds is 8.